The summed E-state index contributed by atoms with van der Waals surface area (Å²) in [6.07, 6.45) is 5.03. The minimum absolute atomic E-state index is 0.371. The standard InChI is InChI=1S/C13H29N3/c1-4-13-11-16(10-9-15(13)3)8-6-5-7-12(2)14/h12-13H,4-11,14H2,1-3H3. The summed E-state index contributed by atoms with van der Waals surface area (Å²) in [5.41, 5.74) is 5.75. The maximum atomic E-state index is 5.75. The maximum Gasteiger partial charge on any atom is 0.0218 e. The minimum atomic E-state index is 0.371. The number of nitrogens with two attached hydrogens (primary N) is 1. The van der Waals surface area contributed by atoms with Crippen molar-refractivity contribution in [2.45, 2.75) is 51.6 Å². The molecule has 0 amide bonds. The zero-order valence-corrected chi connectivity index (χ0v) is 11.3. The predicted octanol–water partition coefficient (Wildman–Crippen LogP) is 1.53. The normalized spacial score (nSPS) is 25.9. The van der Waals surface area contributed by atoms with Crippen LogP contribution in [-0.4, -0.2) is 55.1 Å². The molecule has 1 rings (SSSR count). The number of nitrogens with zero attached hydrogens (tertiary/aromatic N) is 2. The van der Waals surface area contributed by atoms with E-state index in [0.29, 0.717) is 6.04 Å². The van der Waals surface area contributed by atoms with Crippen molar-refractivity contribution in [2.75, 3.05) is 33.2 Å². The Morgan fingerprint density at radius 3 is 2.69 bits per heavy atom. The van der Waals surface area contributed by atoms with Crippen LogP contribution in [0.2, 0.25) is 0 Å². The number of hydrogen-bond acceptors (Lipinski definition) is 3. The van der Waals surface area contributed by atoms with Crippen LogP contribution in [0.4, 0.5) is 0 Å². The highest BCUT2D eigenvalue weighted by Crippen LogP contribution is 2.11. The van der Waals surface area contributed by atoms with Crippen molar-refractivity contribution >= 4 is 0 Å². The van der Waals surface area contributed by atoms with Crippen LogP contribution in [0.1, 0.15) is 39.5 Å². The number of likely N-dealkylation sites (N-methyl/N-ethyl adjacent to an activating group) is 1. The van der Waals surface area contributed by atoms with E-state index in [1.54, 1.807) is 0 Å². The smallest absolute Gasteiger partial charge is 0.0218 e. The third-order valence-corrected chi connectivity index (χ3v) is 3.72. The topological polar surface area (TPSA) is 32.5 Å². The van der Waals surface area contributed by atoms with E-state index in [2.05, 4.69) is 30.7 Å². The van der Waals surface area contributed by atoms with Gasteiger partial charge in [-0.2, -0.15) is 0 Å². The second kappa shape index (κ2) is 7.25. The van der Waals surface area contributed by atoms with E-state index in [-0.39, 0.29) is 0 Å². The molecule has 0 radical (unpaired) electrons. The van der Waals surface area contributed by atoms with E-state index in [4.69, 9.17) is 5.73 Å². The molecule has 1 aliphatic rings. The number of rotatable bonds is 6. The molecule has 0 spiro atoms. The lowest BCUT2D eigenvalue weighted by molar-refractivity contribution is 0.0919. The van der Waals surface area contributed by atoms with Crippen molar-refractivity contribution in [3.63, 3.8) is 0 Å². The Balaban J connectivity index is 2.13. The Bertz CT molecular complexity index is 182. The summed E-state index contributed by atoms with van der Waals surface area (Å²) in [4.78, 5) is 5.12. The molecule has 3 heteroatoms. The average molecular weight is 227 g/mol. The van der Waals surface area contributed by atoms with Crippen LogP contribution in [0.15, 0.2) is 0 Å². The van der Waals surface area contributed by atoms with Crippen molar-refractivity contribution in [3.8, 4) is 0 Å². The first-order valence-corrected chi connectivity index (χ1v) is 6.81. The van der Waals surface area contributed by atoms with Gasteiger partial charge in [-0.1, -0.05) is 13.3 Å². The molecular weight excluding hydrogens is 198 g/mol. The third kappa shape index (κ3) is 4.81. The van der Waals surface area contributed by atoms with Gasteiger partial charge in [0.2, 0.25) is 0 Å². The second-order valence-corrected chi connectivity index (χ2v) is 5.32. The molecule has 0 aromatic carbocycles. The average Bonchev–Trinajstić information content (AvgIpc) is 2.26. The fourth-order valence-corrected chi connectivity index (χ4v) is 2.46. The van der Waals surface area contributed by atoms with Gasteiger partial charge in [-0.25, -0.2) is 0 Å². The largest absolute Gasteiger partial charge is 0.328 e. The van der Waals surface area contributed by atoms with Gasteiger partial charge < -0.3 is 15.5 Å². The zero-order chi connectivity index (χ0) is 12.0. The van der Waals surface area contributed by atoms with Gasteiger partial charge in [0.05, 0.1) is 0 Å². The first-order valence-electron chi connectivity index (χ1n) is 6.81. The molecule has 16 heavy (non-hydrogen) atoms. The lowest BCUT2D eigenvalue weighted by atomic mass is 10.1. The highest BCUT2D eigenvalue weighted by atomic mass is 15.3. The van der Waals surface area contributed by atoms with Gasteiger partial charge in [-0.3, -0.25) is 0 Å². The Labute approximate surface area is 101 Å². The summed E-state index contributed by atoms with van der Waals surface area (Å²) >= 11 is 0. The van der Waals surface area contributed by atoms with Crippen LogP contribution >= 0.6 is 0 Å². The van der Waals surface area contributed by atoms with Gasteiger partial charge in [0.15, 0.2) is 0 Å². The molecule has 1 fully saturated rings. The Morgan fingerprint density at radius 2 is 2.06 bits per heavy atom. The molecular formula is C13H29N3. The number of unbranched alkanes of at least 4 members (excludes halogenated alkanes) is 1. The van der Waals surface area contributed by atoms with Gasteiger partial charge >= 0.3 is 0 Å². The Hall–Kier alpha value is -0.120. The van der Waals surface area contributed by atoms with E-state index in [9.17, 15) is 0 Å². The van der Waals surface area contributed by atoms with Gasteiger partial charge in [0.25, 0.3) is 0 Å². The summed E-state index contributed by atoms with van der Waals surface area (Å²) in [6, 6.07) is 1.14. The quantitative estimate of drug-likeness (QED) is 0.699. The van der Waals surface area contributed by atoms with Crippen LogP contribution in [0.25, 0.3) is 0 Å². The summed E-state index contributed by atoms with van der Waals surface area (Å²) in [5, 5.41) is 0. The molecule has 0 aromatic heterocycles. The summed E-state index contributed by atoms with van der Waals surface area (Å²) in [7, 11) is 2.25. The molecule has 3 nitrogen and oxygen atoms in total. The van der Waals surface area contributed by atoms with E-state index >= 15 is 0 Å². The molecule has 0 aliphatic carbocycles. The summed E-state index contributed by atoms with van der Waals surface area (Å²) in [5.74, 6) is 0. The summed E-state index contributed by atoms with van der Waals surface area (Å²) in [6.45, 7) is 9.38. The lowest BCUT2D eigenvalue weighted by Gasteiger charge is -2.39. The molecule has 0 aromatic rings. The predicted molar refractivity (Wildman–Crippen MR) is 70.6 cm³/mol. The van der Waals surface area contributed by atoms with Gasteiger partial charge in [-0.05, 0) is 39.8 Å². The molecule has 0 bridgehead atoms. The van der Waals surface area contributed by atoms with E-state index in [1.807, 2.05) is 0 Å². The van der Waals surface area contributed by atoms with Crippen molar-refractivity contribution < 1.29 is 0 Å². The minimum Gasteiger partial charge on any atom is -0.328 e. The molecule has 1 heterocycles. The zero-order valence-electron chi connectivity index (χ0n) is 11.3. The highest BCUT2D eigenvalue weighted by molar-refractivity contribution is 4.78. The van der Waals surface area contributed by atoms with Crippen molar-refractivity contribution in [1.29, 1.82) is 0 Å². The fourth-order valence-electron chi connectivity index (χ4n) is 2.46. The first kappa shape index (κ1) is 13.9. The third-order valence-electron chi connectivity index (χ3n) is 3.72. The SMILES string of the molecule is CCC1CN(CCCCC(C)N)CCN1C. The first-order chi connectivity index (χ1) is 7.63. The van der Waals surface area contributed by atoms with Gasteiger partial charge in [0, 0.05) is 31.7 Å². The van der Waals surface area contributed by atoms with Crippen LogP contribution in [0.5, 0.6) is 0 Å². The van der Waals surface area contributed by atoms with Crippen LogP contribution in [0, 0.1) is 0 Å². The van der Waals surface area contributed by atoms with E-state index in [0.717, 1.165) is 6.04 Å². The molecule has 0 saturated carbocycles. The van der Waals surface area contributed by atoms with Crippen molar-refractivity contribution in [3.05, 3.63) is 0 Å². The molecule has 1 aliphatic heterocycles. The molecule has 2 N–H and O–H groups in total. The van der Waals surface area contributed by atoms with Gasteiger partial charge in [0.1, 0.15) is 0 Å². The molecule has 2 atom stereocenters. The molecule has 96 valence electrons. The summed E-state index contributed by atoms with van der Waals surface area (Å²) < 4.78 is 0. The maximum absolute atomic E-state index is 5.75. The highest BCUT2D eigenvalue weighted by Gasteiger charge is 2.21. The van der Waals surface area contributed by atoms with E-state index < -0.39 is 0 Å². The second-order valence-electron chi connectivity index (χ2n) is 5.32. The van der Waals surface area contributed by atoms with Crippen molar-refractivity contribution in [1.82, 2.24) is 9.80 Å². The van der Waals surface area contributed by atoms with Crippen LogP contribution in [0.3, 0.4) is 0 Å². The lowest BCUT2D eigenvalue weighted by Crippen LogP contribution is -2.51. The van der Waals surface area contributed by atoms with Crippen LogP contribution < -0.4 is 5.73 Å². The fraction of sp³-hybridized carbons (Fsp3) is 1.00. The Kier molecular flexibility index (Phi) is 6.32. The van der Waals surface area contributed by atoms with Crippen LogP contribution in [-0.2, 0) is 0 Å². The van der Waals surface area contributed by atoms with Crippen molar-refractivity contribution in [2.24, 2.45) is 5.73 Å². The Morgan fingerprint density at radius 1 is 1.31 bits per heavy atom. The van der Waals surface area contributed by atoms with Gasteiger partial charge in [-0.15, -0.1) is 0 Å². The number of piperazine rings is 1. The molecule has 2 unspecified atom stereocenters. The number of hydrogen-bond donors (Lipinski definition) is 1. The van der Waals surface area contributed by atoms with E-state index in [1.165, 1.54) is 51.9 Å². The molecule has 1 saturated heterocycles. The monoisotopic (exact) mass is 227 g/mol.